The first-order valence-electron chi connectivity index (χ1n) is 6.93. The second-order valence-electron chi connectivity index (χ2n) is 5.36. The minimum absolute atomic E-state index is 0.123. The summed E-state index contributed by atoms with van der Waals surface area (Å²) in [5, 5.41) is 1.77. The number of halogens is 1. The van der Waals surface area contributed by atoms with Crippen LogP contribution < -0.4 is 0 Å². The van der Waals surface area contributed by atoms with E-state index in [1.807, 2.05) is 35.2 Å². The zero-order valence-electron chi connectivity index (χ0n) is 11.4. The molecule has 0 aliphatic carbocycles. The van der Waals surface area contributed by atoms with Crippen LogP contribution >= 0.6 is 15.9 Å². The molecule has 0 N–H and O–H groups in total. The molecule has 1 aromatic carbocycles. The lowest BCUT2D eigenvalue weighted by Crippen LogP contribution is -2.38. The Hall–Kier alpha value is -1.42. The molecule has 3 rings (SSSR count). The molecular formula is C16H17BrN2O. The minimum atomic E-state index is 0.123. The fourth-order valence-electron chi connectivity index (χ4n) is 2.94. The molecule has 1 fully saturated rings. The van der Waals surface area contributed by atoms with E-state index in [0.29, 0.717) is 5.92 Å². The highest BCUT2D eigenvalue weighted by Gasteiger charge is 2.34. The molecule has 0 bridgehead atoms. The van der Waals surface area contributed by atoms with E-state index in [0.717, 1.165) is 34.8 Å². The molecule has 2 aromatic rings. The van der Waals surface area contributed by atoms with Gasteiger partial charge < -0.3 is 4.90 Å². The Bertz CT molecular complexity index is 638. The Morgan fingerprint density at radius 3 is 3.05 bits per heavy atom. The number of nitrogens with zero attached hydrogens (tertiary/aromatic N) is 2. The summed E-state index contributed by atoms with van der Waals surface area (Å²) in [5.41, 5.74) is 1.64. The molecule has 1 aromatic heterocycles. The van der Waals surface area contributed by atoms with Gasteiger partial charge in [0.15, 0.2) is 0 Å². The maximum atomic E-state index is 12.9. The van der Waals surface area contributed by atoms with E-state index in [1.165, 1.54) is 0 Å². The van der Waals surface area contributed by atoms with Gasteiger partial charge in [0.25, 0.3) is 5.91 Å². The van der Waals surface area contributed by atoms with Crippen molar-refractivity contribution in [3.05, 3.63) is 42.1 Å². The summed E-state index contributed by atoms with van der Waals surface area (Å²) in [4.78, 5) is 19.2. The van der Waals surface area contributed by atoms with Gasteiger partial charge in [0.05, 0.1) is 5.52 Å². The van der Waals surface area contributed by atoms with Crippen LogP contribution in [0.15, 0.2) is 36.5 Å². The van der Waals surface area contributed by atoms with Crippen molar-refractivity contribution in [2.75, 3.05) is 11.9 Å². The number of pyridine rings is 1. The van der Waals surface area contributed by atoms with Crippen molar-refractivity contribution < 1.29 is 4.79 Å². The molecule has 1 amide bonds. The van der Waals surface area contributed by atoms with E-state index in [-0.39, 0.29) is 11.9 Å². The molecule has 20 heavy (non-hydrogen) atoms. The summed E-state index contributed by atoms with van der Waals surface area (Å²) in [6.07, 6.45) is 2.83. The van der Waals surface area contributed by atoms with Crippen LogP contribution in [0, 0.1) is 5.92 Å². The molecule has 0 spiro atoms. The molecule has 2 heterocycles. The van der Waals surface area contributed by atoms with Crippen molar-refractivity contribution in [1.29, 1.82) is 0 Å². The monoisotopic (exact) mass is 332 g/mol. The molecule has 0 radical (unpaired) electrons. The Kier molecular flexibility index (Phi) is 3.74. The summed E-state index contributed by atoms with van der Waals surface area (Å²) in [6, 6.07) is 9.90. The standard InChI is InChI=1S/C16H17BrN2O/c1-11-7-9-19(15(11)10-17)16(20)13-4-2-6-14-12(13)5-3-8-18-14/h2-6,8,11,15H,7,9-10H2,1H3. The number of rotatable bonds is 2. The molecule has 2 atom stereocenters. The number of aromatic nitrogens is 1. The van der Waals surface area contributed by atoms with Crippen LogP contribution in [0.2, 0.25) is 0 Å². The van der Waals surface area contributed by atoms with Gasteiger partial charge in [0.2, 0.25) is 0 Å². The average Bonchev–Trinajstić information content (AvgIpc) is 2.86. The second-order valence-corrected chi connectivity index (χ2v) is 6.01. The van der Waals surface area contributed by atoms with Gasteiger partial charge in [-0.15, -0.1) is 0 Å². The molecule has 3 nitrogen and oxygen atoms in total. The predicted molar refractivity (Wildman–Crippen MR) is 84.1 cm³/mol. The molecule has 4 heteroatoms. The zero-order valence-corrected chi connectivity index (χ0v) is 13.0. The lowest BCUT2D eigenvalue weighted by Gasteiger charge is -2.25. The molecule has 0 saturated carbocycles. The van der Waals surface area contributed by atoms with Gasteiger partial charge in [-0.25, -0.2) is 0 Å². The third-order valence-electron chi connectivity index (χ3n) is 4.18. The number of carbonyl (C=O) groups excluding carboxylic acids is 1. The normalized spacial score (nSPS) is 22.4. The minimum Gasteiger partial charge on any atom is -0.335 e. The number of fused-ring (bicyclic) bond motifs is 1. The summed E-state index contributed by atoms with van der Waals surface area (Å²) >= 11 is 3.54. The van der Waals surface area contributed by atoms with E-state index in [9.17, 15) is 4.79 Å². The van der Waals surface area contributed by atoms with E-state index in [4.69, 9.17) is 0 Å². The van der Waals surface area contributed by atoms with E-state index >= 15 is 0 Å². The maximum Gasteiger partial charge on any atom is 0.254 e. The second kappa shape index (κ2) is 5.52. The summed E-state index contributed by atoms with van der Waals surface area (Å²) in [6.45, 7) is 3.05. The highest BCUT2D eigenvalue weighted by Crippen LogP contribution is 2.28. The van der Waals surface area contributed by atoms with Crippen LogP contribution in [-0.4, -0.2) is 33.7 Å². The first-order chi connectivity index (χ1) is 9.72. The summed E-state index contributed by atoms with van der Waals surface area (Å²) in [5.74, 6) is 0.670. The molecular weight excluding hydrogens is 316 g/mol. The zero-order chi connectivity index (χ0) is 14.1. The van der Waals surface area contributed by atoms with Gasteiger partial charge in [-0.3, -0.25) is 9.78 Å². The molecule has 1 saturated heterocycles. The van der Waals surface area contributed by atoms with Gasteiger partial charge in [-0.05, 0) is 30.5 Å². The van der Waals surface area contributed by atoms with Crippen molar-refractivity contribution in [3.63, 3.8) is 0 Å². The third-order valence-corrected chi connectivity index (χ3v) is 4.84. The number of alkyl halides is 1. The fraction of sp³-hybridized carbons (Fsp3) is 0.375. The van der Waals surface area contributed by atoms with Crippen LogP contribution in [0.3, 0.4) is 0 Å². The van der Waals surface area contributed by atoms with Crippen molar-refractivity contribution in [1.82, 2.24) is 9.88 Å². The smallest absolute Gasteiger partial charge is 0.254 e. The van der Waals surface area contributed by atoms with Gasteiger partial charge >= 0.3 is 0 Å². The largest absolute Gasteiger partial charge is 0.335 e. The molecule has 2 unspecified atom stereocenters. The first kappa shape index (κ1) is 13.6. The van der Waals surface area contributed by atoms with Crippen LogP contribution in [-0.2, 0) is 0 Å². The van der Waals surface area contributed by atoms with Crippen molar-refractivity contribution in [3.8, 4) is 0 Å². The fourth-order valence-corrected chi connectivity index (χ4v) is 3.93. The highest BCUT2D eigenvalue weighted by atomic mass is 79.9. The first-order valence-corrected chi connectivity index (χ1v) is 8.05. The number of hydrogen-bond acceptors (Lipinski definition) is 2. The highest BCUT2D eigenvalue weighted by molar-refractivity contribution is 9.09. The molecule has 1 aliphatic heterocycles. The Labute approximate surface area is 127 Å². The number of carbonyl (C=O) groups is 1. The SMILES string of the molecule is CC1CCN(C(=O)c2cccc3ncccc23)C1CBr. The summed E-state index contributed by atoms with van der Waals surface area (Å²) < 4.78 is 0. The maximum absolute atomic E-state index is 12.9. The van der Waals surface area contributed by atoms with Crippen molar-refractivity contribution >= 4 is 32.7 Å². The third kappa shape index (κ3) is 2.22. The van der Waals surface area contributed by atoms with Crippen molar-refractivity contribution in [2.24, 2.45) is 5.92 Å². The number of amides is 1. The lowest BCUT2D eigenvalue weighted by molar-refractivity contribution is 0.0740. The van der Waals surface area contributed by atoms with Gasteiger partial charge in [0.1, 0.15) is 0 Å². The van der Waals surface area contributed by atoms with E-state index in [1.54, 1.807) is 6.20 Å². The Morgan fingerprint density at radius 2 is 2.25 bits per heavy atom. The van der Waals surface area contributed by atoms with E-state index in [2.05, 4.69) is 27.8 Å². The summed E-state index contributed by atoms with van der Waals surface area (Å²) in [7, 11) is 0. The lowest BCUT2D eigenvalue weighted by atomic mass is 10.0. The van der Waals surface area contributed by atoms with Crippen LogP contribution in [0.25, 0.3) is 10.9 Å². The van der Waals surface area contributed by atoms with Crippen molar-refractivity contribution in [2.45, 2.75) is 19.4 Å². The number of likely N-dealkylation sites (tertiary alicyclic amines) is 1. The topological polar surface area (TPSA) is 33.2 Å². The van der Waals surface area contributed by atoms with Gasteiger partial charge in [-0.2, -0.15) is 0 Å². The van der Waals surface area contributed by atoms with Gasteiger partial charge in [-0.1, -0.05) is 35.0 Å². The quantitative estimate of drug-likeness (QED) is 0.789. The van der Waals surface area contributed by atoms with Crippen LogP contribution in [0.4, 0.5) is 0 Å². The van der Waals surface area contributed by atoms with Crippen LogP contribution in [0.5, 0.6) is 0 Å². The molecule has 104 valence electrons. The Balaban J connectivity index is 2.01. The van der Waals surface area contributed by atoms with Crippen LogP contribution in [0.1, 0.15) is 23.7 Å². The Morgan fingerprint density at radius 1 is 1.40 bits per heavy atom. The predicted octanol–water partition coefficient (Wildman–Crippen LogP) is 3.48. The van der Waals surface area contributed by atoms with E-state index < -0.39 is 0 Å². The molecule has 1 aliphatic rings. The van der Waals surface area contributed by atoms with Gasteiger partial charge in [0, 0.05) is 35.1 Å². The number of hydrogen-bond donors (Lipinski definition) is 0. The average molecular weight is 333 g/mol. The number of benzene rings is 1.